The molecule has 2 rings (SSSR count). The third kappa shape index (κ3) is 5.03. The van der Waals surface area contributed by atoms with Gasteiger partial charge in [0.2, 0.25) is 0 Å². The molecule has 0 bridgehead atoms. The van der Waals surface area contributed by atoms with E-state index in [0.29, 0.717) is 16.1 Å². The highest BCUT2D eigenvalue weighted by atomic mass is 35.5. The van der Waals surface area contributed by atoms with Gasteiger partial charge in [-0.2, -0.15) is 0 Å². The first-order valence-electron chi connectivity index (χ1n) is 7.34. The minimum atomic E-state index is 0.327. The molecule has 0 spiro atoms. The van der Waals surface area contributed by atoms with E-state index in [9.17, 15) is 0 Å². The molecule has 0 fully saturated rings. The molecule has 21 heavy (non-hydrogen) atoms. The zero-order chi connectivity index (χ0) is 15.1. The first-order valence-corrected chi connectivity index (χ1v) is 8.10. The Kier molecular flexibility index (Phi) is 6.55. The van der Waals surface area contributed by atoms with Crippen molar-refractivity contribution in [3.63, 3.8) is 0 Å². The van der Waals surface area contributed by atoms with Gasteiger partial charge in [-0.1, -0.05) is 36.2 Å². The summed E-state index contributed by atoms with van der Waals surface area (Å²) >= 11 is 12.1. The highest BCUT2D eigenvalue weighted by Gasteiger charge is 2.10. The average molecular weight is 326 g/mol. The molecule has 2 aromatic rings. The number of rotatable bonds is 8. The first-order chi connectivity index (χ1) is 10.2. The van der Waals surface area contributed by atoms with Gasteiger partial charge in [0, 0.05) is 25.0 Å². The molecule has 1 atom stereocenters. The summed E-state index contributed by atoms with van der Waals surface area (Å²) in [7, 11) is 0. The van der Waals surface area contributed by atoms with E-state index in [2.05, 4.69) is 21.8 Å². The normalized spacial score (nSPS) is 12.5. The number of hydrogen-bond donors (Lipinski definition) is 1. The number of aromatic nitrogens is 2. The van der Waals surface area contributed by atoms with E-state index in [1.54, 1.807) is 0 Å². The minimum absolute atomic E-state index is 0.327. The molecule has 0 saturated carbocycles. The van der Waals surface area contributed by atoms with Crippen LogP contribution in [0, 0.1) is 0 Å². The Bertz CT molecular complexity index is 540. The van der Waals surface area contributed by atoms with E-state index in [4.69, 9.17) is 23.2 Å². The number of hydrogen-bond acceptors (Lipinski definition) is 2. The molecule has 114 valence electrons. The van der Waals surface area contributed by atoms with Crippen LogP contribution in [0.15, 0.2) is 36.9 Å². The van der Waals surface area contributed by atoms with Crippen LogP contribution in [0.25, 0.3) is 0 Å². The van der Waals surface area contributed by atoms with E-state index in [0.717, 1.165) is 32.4 Å². The monoisotopic (exact) mass is 325 g/mol. The molecule has 3 nitrogen and oxygen atoms in total. The predicted molar refractivity (Wildman–Crippen MR) is 89.0 cm³/mol. The lowest BCUT2D eigenvalue weighted by molar-refractivity contribution is 0.490. The number of nitrogens with one attached hydrogen (secondary N) is 1. The van der Waals surface area contributed by atoms with Crippen LogP contribution in [-0.2, 0) is 6.54 Å². The summed E-state index contributed by atoms with van der Waals surface area (Å²) in [5.74, 6) is 0. The Hall–Kier alpha value is -1.03. The van der Waals surface area contributed by atoms with E-state index in [1.807, 2.05) is 36.9 Å². The van der Waals surface area contributed by atoms with Crippen LogP contribution in [0.5, 0.6) is 0 Å². The quantitative estimate of drug-likeness (QED) is 0.712. The van der Waals surface area contributed by atoms with Gasteiger partial charge in [0.25, 0.3) is 0 Å². The van der Waals surface area contributed by atoms with Crippen LogP contribution in [-0.4, -0.2) is 16.1 Å². The third-order valence-corrected chi connectivity index (χ3v) is 4.29. The number of nitrogens with zero attached hydrogens (tertiary/aromatic N) is 2. The van der Waals surface area contributed by atoms with Gasteiger partial charge in [-0.05, 0) is 43.5 Å². The van der Waals surface area contributed by atoms with E-state index in [-0.39, 0.29) is 0 Å². The molecule has 5 heteroatoms. The van der Waals surface area contributed by atoms with Crippen molar-refractivity contribution in [2.24, 2.45) is 0 Å². The van der Waals surface area contributed by atoms with Gasteiger partial charge in [0.05, 0.1) is 16.4 Å². The summed E-state index contributed by atoms with van der Waals surface area (Å²) in [5.41, 5.74) is 1.20. The van der Waals surface area contributed by atoms with Gasteiger partial charge in [-0.25, -0.2) is 4.98 Å². The molecule has 1 unspecified atom stereocenters. The van der Waals surface area contributed by atoms with Crippen LogP contribution in [0.3, 0.4) is 0 Å². The molecule has 0 saturated heterocycles. The SMILES string of the molecule is CCC(NCCCCn1ccnc1)c1ccc(Cl)c(Cl)c1. The summed E-state index contributed by atoms with van der Waals surface area (Å²) in [6.45, 7) is 4.18. The second-order valence-electron chi connectivity index (χ2n) is 5.10. The molecule has 0 aliphatic heterocycles. The van der Waals surface area contributed by atoms with Crippen molar-refractivity contribution in [3.8, 4) is 0 Å². The standard InChI is InChI=1S/C16H21Cl2N3/c1-2-16(13-5-6-14(17)15(18)11-13)20-7-3-4-9-21-10-8-19-12-21/h5-6,8,10-12,16,20H,2-4,7,9H2,1H3. The van der Waals surface area contributed by atoms with Gasteiger partial charge in [-0.15, -0.1) is 0 Å². The van der Waals surface area contributed by atoms with Gasteiger partial charge in [0.15, 0.2) is 0 Å². The summed E-state index contributed by atoms with van der Waals surface area (Å²) in [4.78, 5) is 4.04. The largest absolute Gasteiger partial charge is 0.337 e. The molecule has 1 N–H and O–H groups in total. The molecule has 0 radical (unpaired) electrons. The van der Waals surface area contributed by atoms with E-state index < -0.39 is 0 Å². The Morgan fingerprint density at radius 2 is 2.10 bits per heavy atom. The lowest BCUT2D eigenvalue weighted by atomic mass is 10.0. The summed E-state index contributed by atoms with van der Waals surface area (Å²) in [6.07, 6.45) is 8.97. The van der Waals surface area contributed by atoms with Gasteiger partial charge in [-0.3, -0.25) is 0 Å². The number of benzene rings is 1. The third-order valence-electron chi connectivity index (χ3n) is 3.55. The van der Waals surface area contributed by atoms with Crippen LogP contribution in [0.4, 0.5) is 0 Å². The fourth-order valence-corrected chi connectivity index (χ4v) is 2.65. The average Bonchev–Trinajstić information content (AvgIpc) is 2.99. The van der Waals surface area contributed by atoms with Crippen LogP contribution in [0.1, 0.15) is 37.8 Å². The molecule has 0 aliphatic carbocycles. The fraction of sp³-hybridized carbons (Fsp3) is 0.438. The molecular formula is C16H21Cl2N3. The molecular weight excluding hydrogens is 305 g/mol. The zero-order valence-corrected chi connectivity index (χ0v) is 13.7. The van der Waals surface area contributed by atoms with Crippen molar-refractivity contribution in [1.29, 1.82) is 0 Å². The number of aryl methyl sites for hydroxylation is 1. The first kappa shape index (κ1) is 16.3. The zero-order valence-electron chi connectivity index (χ0n) is 12.2. The molecule has 1 heterocycles. The van der Waals surface area contributed by atoms with Crippen LogP contribution in [0.2, 0.25) is 10.0 Å². The van der Waals surface area contributed by atoms with Crippen LogP contribution < -0.4 is 5.32 Å². The molecule has 0 aliphatic rings. The topological polar surface area (TPSA) is 29.9 Å². The molecule has 1 aromatic carbocycles. The van der Waals surface area contributed by atoms with Crippen molar-refractivity contribution in [3.05, 3.63) is 52.5 Å². The van der Waals surface area contributed by atoms with Crippen molar-refractivity contribution >= 4 is 23.2 Å². The maximum absolute atomic E-state index is 6.09. The smallest absolute Gasteiger partial charge is 0.0945 e. The van der Waals surface area contributed by atoms with Crippen LogP contribution >= 0.6 is 23.2 Å². The second-order valence-corrected chi connectivity index (χ2v) is 5.91. The Labute approximate surface area is 136 Å². The fourth-order valence-electron chi connectivity index (χ4n) is 2.34. The van der Waals surface area contributed by atoms with E-state index >= 15 is 0 Å². The Morgan fingerprint density at radius 1 is 1.24 bits per heavy atom. The number of unbranched alkanes of at least 4 members (excludes halogenated alkanes) is 1. The maximum atomic E-state index is 6.09. The van der Waals surface area contributed by atoms with Gasteiger partial charge >= 0.3 is 0 Å². The number of imidazole rings is 1. The number of halogens is 2. The molecule has 0 amide bonds. The van der Waals surface area contributed by atoms with Gasteiger partial charge < -0.3 is 9.88 Å². The highest BCUT2D eigenvalue weighted by molar-refractivity contribution is 6.42. The van der Waals surface area contributed by atoms with E-state index in [1.165, 1.54) is 5.56 Å². The Balaban J connectivity index is 1.75. The Morgan fingerprint density at radius 3 is 2.76 bits per heavy atom. The van der Waals surface area contributed by atoms with Crippen molar-refractivity contribution in [2.45, 2.75) is 38.8 Å². The van der Waals surface area contributed by atoms with Crippen molar-refractivity contribution in [1.82, 2.24) is 14.9 Å². The lowest BCUT2D eigenvalue weighted by Crippen LogP contribution is -2.22. The maximum Gasteiger partial charge on any atom is 0.0945 e. The summed E-state index contributed by atoms with van der Waals surface area (Å²) in [5, 5.41) is 4.81. The second kappa shape index (κ2) is 8.42. The minimum Gasteiger partial charge on any atom is -0.337 e. The van der Waals surface area contributed by atoms with Crippen molar-refractivity contribution < 1.29 is 0 Å². The van der Waals surface area contributed by atoms with Crippen molar-refractivity contribution in [2.75, 3.05) is 6.54 Å². The van der Waals surface area contributed by atoms with Gasteiger partial charge in [0.1, 0.15) is 0 Å². The molecule has 1 aromatic heterocycles. The highest BCUT2D eigenvalue weighted by Crippen LogP contribution is 2.26. The summed E-state index contributed by atoms with van der Waals surface area (Å²) < 4.78 is 2.11. The predicted octanol–water partition coefficient (Wildman–Crippen LogP) is 4.71. The lowest BCUT2D eigenvalue weighted by Gasteiger charge is -2.18. The summed E-state index contributed by atoms with van der Waals surface area (Å²) in [6, 6.07) is 6.19.